The minimum atomic E-state index is -3.26. The van der Waals surface area contributed by atoms with Gasteiger partial charge in [0.1, 0.15) is 11.5 Å². The molecule has 0 radical (unpaired) electrons. The van der Waals surface area contributed by atoms with Crippen molar-refractivity contribution in [3.63, 3.8) is 0 Å². The highest BCUT2D eigenvalue weighted by Gasteiger charge is 2.33. The van der Waals surface area contributed by atoms with Crippen molar-refractivity contribution in [1.82, 2.24) is 10.2 Å². The van der Waals surface area contributed by atoms with Crippen molar-refractivity contribution in [3.05, 3.63) is 83.1 Å². The Kier molecular flexibility index (Phi) is 11.8. The minimum absolute atomic E-state index is 0.0949. The number of aliphatic hydroxyl groups is 1. The number of allylic oxidation sites excluding steroid dienone is 5. The summed E-state index contributed by atoms with van der Waals surface area (Å²) in [6.07, 6.45) is 6.94. The van der Waals surface area contributed by atoms with E-state index in [4.69, 9.17) is 0 Å². The lowest BCUT2D eigenvalue weighted by Crippen LogP contribution is -2.47. The molecule has 1 saturated heterocycles. The van der Waals surface area contributed by atoms with Crippen LogP contribution in [0.3, 0.4) is 0 Å². The third-order valence-electron chi connectivity index (χ3n) is 8.47. The number of likely N-dealkylation sites (tertiary alicyclic amines) is 1. The Morgan fingerprint density at radius 3 is 2.53 bits per heavy atom. The van der Waals surface area contributed by atoms with Crippen molar-refractivity contribution >= 4 is 18.2 Å². The average molecular weight is 596 g/mol. The number of carbonyl (C=O) groups is 1. The van der Waals surface area contributed by atoms with Gasteiger partial charge in [-0.1, -0.05) is 31.4 Å². The number of ketones is 1. The summed E-state index contributed by atoms with van der Waals surface area (Å²) in [5.74, 6) is -3.25. The predicted molar refractivity (Wildman–Crippen MR) is 171 cm³/mol. The molecule has 1 aromatic rings. The van der Waals surface area contributed by atoms with Crippen LogP contribution >= 0.6 is 0 Å². The average Bonchev–Trinajstić information content (AvgIpc) is 3.09. The number of rotatable bonds is 12. The number of benzene rings is 1. The lowest BCUT2D eigenvalue weighted by Gasteiger charge is -2.34. The van der Waals surface area contributed by atoms with Crippen LogP contribution in [0.15, 0.2) is 77.0 Å². The number of carbonyl (C=O) groups excluding carboxylic acids is 1. The van der Waals surface area contributed by atoms with Crippen molar-refractivity contribution in [2.75, 3.05) is 19.6 Å². The van der Waals surface area contributed by atoms with E-state index in [2.05, 4.69) is 41.7 Å². The van der Waals surface area contributed by atoms with Crippen molar-refractivity contribution in [1.29, 1.82) is 0 Å². The number of aliphatic hydroxyl groups excluding tert-OH is 1. The minimum Gasteiger partial charge on any atom is -0.507 e. The first kappa shape index (κ1) is 34.1. The van der Waals surface area contributed by atoms with Gasteiger partial charge in [-0.3, -0.25) is 14.7 Å². The Morgan fingerprint density at radius 2 is 1.91 bits per heavy atom. The number of halogens is 2. The lowest BCUT2D eigenvalue weighted by molar-refractivity contribution is -0.121. The van der Waals surface area contributed by atoms with Crippen LogP contribution in [0.5, 0.6) is 5.75 Å². The van der Waals surface area contributed by atoms with Gasteiger partial charge in [0.05, 0.1) is 18.3 Å². The Hall–Kier alpha value is -3.36. The van der Waals surface area contributed by atoms with E-state index in [1.54, 1.807) is 0 Å². The number of nitrogens with one attached hydrogen (secondary N) is 1. The number of alkyl halides is 2. The number of Topliss-reactive ketones (excluding diaryl/α,β-unsaturated/α-hetero) is 1. The van der Waals surface area contributed by atoms with E-state index < -0.39 is 5.92 Å². The third kappa shape index (κ3) is 9.07. The predicted octanol–water partition coefficient (Wildman–Crippen LogP) is 7.07. The first-order chi connectivity index (χ1) is 20.2. The zero-order chi connectivity index (χ0) is 31.9. The van der Waals surface area contributed by atoms with Gasteiger partial charge in [0.2, 0.25) is 0 Å². The molecule has 1 saturated carbocycles. The van der Waals surface area contributed by atoms with Crippen molar-refractivity contribution < 1.29 is 23.8 Å². The van der Waals surface area contributed by atoms with E-state index in [9.17, 15) is 23.8 Å². The maximum atomic E-state index is 14.4. The second-order valence-electron chi connectivity index (χ2n) is 12.2. The van der Waals surface area contributed by atoms with Gasteiger partial charge in [0.15, 0.2) is 0 Å². The summed E-state index contributed by atoms with van der Waals surface area (Å²) in [6, 6.07) is 3.81. The molecule has 8 heteroatoms. The van der Waals surface area contributed by atoms with Crippen LogP contribution in [-0.4, -0.2) is 59.4 Å². The van der Waals surface area contributed by atoms with E-state index in [0.29, 0.717) is 36.3 Å². The summed E-state index contributed by atoms with van der Waals surface area (Å²) >= 11 is 0. The molecule has 0 aromatic heterocycles. The largest absolute Gasteiger partial charge is 0.507 e. The fourth-order valence-corrected chi connectivity index (χ4v) is 5.84. The van der Waals surface area contributed by atoms with Crippen LogP contribution < -0.4 is 5.32 Å². The monoisotopic (exact) mass is 595 g/mol. The Morgan fingerprint density at radius 1 is 1.19 bits per heavy atom. The Bertz CT molecular complexity index is 1310. The normalized spacial score (nSPS) is 22.8. The van der Waals surface area contributed by atoms with Crippen LogP contribution in [0, 0.1) is 5.92 Å². The summed E-state index contributed by atoms with van der Waals surface area (Å²) in [4.78, 5) is 19.3. The zero-order valence-electron chi connectivity index (χ0n) is 25.9. The van der Waals surface area contributed by atoms with Gasteiger partial charge < -0.3 is 15.5 Å². The molecule has 234 valence electrons. The van der Waals surface area contributed by atoms with Crippen LogP contribution in [0.1, 0.15) is 76.8 Å². The number of piperidine rings is 1. The van der Waals surface area contributed by atoms with Gasteiger partial charge in [0, 0.05) is 35.8 Å². The Labute approximate surface area is 255 Å². The number of phenolic OH excluding ortho intramolecular Hbond substituents is 1. The summed E-state index contributed by atoms with van der Waals surface area (Å²) < 4.78 is 28.9. The molecular formula is C35H47F2N3O3. The summed E-state index contributed by atoms with van der Waals surface area (Å²) in [5.41, 5.74) is 3.33. The number of aliphatic imine (C=N–C) groups is 1. The van der Waals surface area contributed by atoms with Crippen LogP contribution in [0.25, 0.3) is 5.70 Å². The maximum Gasteiger partial charge on any atom is 0.294 e. The first-order valence-electron chi connectivity index (χ1n) is 15.0. The van der Waals surface area contributed by atoms with Gasteiger partial charge in [0.25, 0.3) is 5.92 Å². The Balaban J connectivity index is 1.72. The molecule has 3 N–H and O–H groups in total. The zero-order valence-corrected chi connectivity index (χ0v) is 25.9. The number of aromatic hydroxyl groups is 1. The molecule has 1 aliphatic heterocycles. The quantitative estimate of drug-likeness (QED) is 0.104. The second-order valence-corrected chi connectivity index (χ2v) is 12.2. The van der Waals surface area contributed by atoms with Gasteiger partial charge in [-0.15, -0.1) is 0 Å². The van der Waals surface area contributed by atoms with E-state index >= 15 is 0 Å². The number of hydrogen-bond acceptors (Lipinski definition) is 6. The van der Waals surface area contributed by atoms with Crippen LogP contribution in [-0.2, 0) is 10.7 Å². The van der Waals surface area contributed by atoms with Gasteiger partial charge in [-0.25, -0.2) is 0 Å². The van der Waals surface area contributed by atoms with E-state index in [-0.39, 0.29) is 40.7 Å². The van der Waals surface area contributed by atoms with Gasteiger partial charge in [-0.05, 0) is 113 Å². The molecule has 3 atom stereocenters. The molecule has 0 spiro atoms. The highest BCUT2D eigenvalue weighted by molar-refractivity contribution is 5.81. The van der Waals surface area contributed by atoms with Gasteiger partial charge in [-0.2, -0.15) is 8.78 Å². The highest BCUT2D eigenvalue weighted by atomic mass is 19.3. The molecule has 0 amide bonds. The smallest absolute Gasteiger partial charge is 0.294 e. The molecule has 1 heterocycles. The molecule has 1 aliphatic carbocycles. The van der Waals surface area contributed by atoms with Crippen molar-refractivity contribution in [2.24, 2.45) is 10.9 Å². The van der Waals surface area contributed by atoms with Crippen molar-refractivity contribution in [2.45, 2.75) is 83.8 Å². The number of phenols is 1. The maximum absolute atomic E-state index is 14.4. The topological polar surface area (TPSA) is 85.2 Å². The molecular weight excluding hydrogens is 548 g/mol. The fourth-order valence-electron chi connectivity index (χ4n) is 5.84. The summed E-state index contributed by atoms with van der Waals surface area (Å²) in [5, 5.41) is 24.2. The summed E-state index contributed by atoms with van der Waals surface area (Å²) in [7, 11) is 0. The third-order valence-corrected chi connectivity index (χ3v) is 8.47. The number of hydrogen-bond donors (Lipinski definition) is 3. The summed E-state index contributed by atoms with van der Waals surface area (Å²) in [6.45, 7) is 22.2. The molecule has 2 fully saturated rings. The first-order valence-corrected chi connectivity index (χ1v) is 15.0. The molecule has 2 aliphatic rings. The second kappa shape index (κ2) is 14.9. The lowest BCUT2D eigenvalue weighted by atomic mass is 9.90. The molecule has 1 aromatic carbocycles. The standard InChI is InChI=1S/C35H47F2N3O3/c1-22(2)32(17-25(6)34(38-7)31-15-12-27(19-33(31)43)35(36,37)23(3)4)39-28-9-8-16-40(20-28)21-30(42)18-26-11-14-29(41)13-10-24(26)5/h12,15,17,19,26,28-29,39,41,43H,1,3,5,7-11,13-14,16,18,20-21H2,2,4,6H3/b32-17+,34-25-/t26?,28-,29?/m1/s1. The molecule has 3 rings (SSSR count). The van der Waals surface area contributed by atoms with Crippen LogP contribution in [0.4, 0.5) is 8.78 Å². The number of nitrogens with zero attached hydrogens (tertiary/aromatic N) is 2. The molecule has 2 unspecified atom stereocenters. The fraction of sp³-hybridized carbons (Fsp3) is 0.486. The molecule has 6 nitrogen and oxygen atoms in total. The van der Waals surface area contributed by atoms with Gasteiger partial charge >= 0.3 is 0 Å². The van der Waals surface area contributed by atoms with Crippen molar-refractivity contribution in [3.8, 4) is 5.75 Å². The SMILES string of the molecule is C=N/C(=C(C)\C=C(\N[C@@H]1CCCN(CC(=O)CC2CCC(O)CCC2=C)C1)C(=C)C)c1ccc(C(F)(F)C(=C)C)cc1O. The van der Waals surface area contributed by atoms with E-state index in [1.165, 1.54) is 19.1 Å². The van der Waals surface area contributed by atoms with E-state index in [0.717, 1.165) is 68.0 Å². The van der Waals surface area contributed by atoms with Crippen LogP contribution in [0.2, 0.25) is 0 Å². The van der Waals surface area contributed by atoms with E-state index in [1.807, 2.05) is 19.9 Å². The highest BCUT2D eigenvalue weighted by Crippen LogP contribution is 2.39. The molecule has 0 bridgehead atoms. The molecule has 43 heavy (non-hydrogen) atoms.